The minimum Gasteiger partial charge on any atom is -0.469 e. The highest BCUT2D eigenvalue weighted by atomic mass is 32.1. The molecule has 13 heavy (non-hydrogen) atoms. The molecule has 0 saturated carbocycles. The van der Waals surface area contributed by atoms with Gasteiger partial charge in [0.15, 0.2) is 0 Å². The number of thiazole rings is 1. The highest BCUT2D eigenvalue weighted by Crippen LogP contribution is 2.22. The number of methoxy groups -OCH3 is 1. The number of hydrogen-bond donors (Lipinski definition) is 1. The Labute approximate surface area is 80.7 Å². The number of esters is 1. The standard InChI is InChI=1S/C8H12N2O2S/c1-5-8(13-4-10-5)6(9)3-7(11)12-2/h4,6H,3,9H2,1-2H3/t6-/m0/s1. The van der Waals surface area contributed by atoms with E-state index >= 15 is 0 Å². The Morgan fingerprint density at radius 1 is 1.85 bits per heavy atom. The van der Waals surface area contributed by atoms with E-state index < -0.39 is 0 Å². The fraction of sp³-hybridized carbons (Fsp3) is 0.500. The van der Waals surface area contributed by atoms with E-state index in [1.54, 1.807) is 5.51 Å². The molecule has 1 heterocycles. The third kappa shape index (κ3) is 2.50. The smallest absolute Gasteiger partial charge is 0.307 e. The van der Waals surface area contributed by atoms with E-state index in [4.69, 9.17) is 5.73 Å². The average Bonchev–Trinajstić information content (AvgIpc) is 2.51. The van der Waals surface area contributed by atoms with Gasteiger partial charge in [0.05, 0.1) is 30.8 Å². The highest BCUT2D eigenvalue weighted by Gasteiger charge is 2.15. The number of nitrogens with two attached hydrogens (primary N) is 1. The van der Waals surface area contributed by atoms with Crippen LogP contribution in [0.4, 0.5) is 0 Å². The molecule has 0 unspecified atom stereocenters. The largest absolute Gasteiger partial charge is 0.469 e. The summed E-state index contributed by atoms with van der Waals surface area (Å²) in [7, 11) is 1.36. The van der Waals surface area contributed by atoms with Gasteiger partial charge in [-0.05, 0) is 6.92 Å². The molecule has 0 fully saturated rings. The Kier molecular flexibility index (Phi) is 3.39. The van der Waals surface area contributed by atoms with Crippen molar-refractivity contribution >= 4 is 17.3 Å². The van der Waals surface area contributed by atoms with Gasteiger partial charge in [0.2, 0.25) is 0 Å². The van der Waals surface area contributed by atoms with Crippen molar-refractivity contribution in [3.05, 3.63) is 16.1 Å². The molecule has 72 valence electrons. The first-order valence-corrected chi connectivity index (χ1v) is 4.75. The lowest BCUT2D eigenvalue weighted by molar-refractivity contribution is -0.141. The van der Waals surface area contributed by atoms with Crippen LogP contribution in [0.2, 0.25) is 0 Å². The Bertz CT molecular complexity index is 298. The van der Waals surface area contributed by atoms with E-state index in [1.165, 1.54) is 18.4 Å². The quantitative estimate of drug-likeness (QED) is 0.740. The van der Waals surface area contributed by atoms with Gasteiger partial charge >= 0.3 is 5.97 Å². The number of rotatable bonds is 3. The van der Waals surface area contributed by atoms with Crippen molar-refractivity contribution < 1.29 is 9.53 Å². The Balaban J connectivity index is 2.63. The van der Waals surface area contributed by atoms with Gasteiger partial charge in [0.1, 0.15) is 0 Å². The minimum absolute atomic E-state index is 0.208. The zero-order chi connectivity index (χ0) is 9.84. The highest BCUT2D eigenvalue weighted by molar-refractivity contribution is 7.09. The number of nitrogens with zero attached hydrogens (tertiary/aromatic N) is 1. The van der Waals surface area contributed by atoms with Crippen LogP contribution in [-0.2, 0) is 9.53 Å². The lowest BCUT2D eigenvalue weighted by Gasteiger charge is -2.07. The van der Waals surface area contributed by atoms with Crippen LogP contribution in [0.1, 0.15) is 23.0 Å². The maximum atomic E-state index is 10.9. The molecule has 0 amide bonds. The van der Waals surface area contributed by atoms with Gasteiger partial charge in [-0.1, -0.05) is 0 Å². The zero-order valence-corrected chi connectivity index (χ0v) is 8.43. The summed E-state index contributed by atoms with van der Waals surface area (Å²) in [4.78, 5) is 15.9. The van der Waals surface area contributed by atoms with Crippen molar-refractivity contribution in [2.45, 2.75) is 19.4 Å². The molecule has 4 nitrogen and oxygen atoms in total. The molecule has 0 bridgehead atoms. The second-order valence-corrected chi connectivity index (χ2v) is 3.58. The van der Waals surface area contributed by atoms with E-state index in [9.17, 15) is 4.79 Å². The van der Waals surface area contributed by atoms with Gasteiger partial charge in [-0.15, -0.1) is 11.3 Å². The number of hydrogen-bond acceptors (Lipinski definition) is 5. The van der Waals surface area contributed by atoms with E-state index in [1.807, 2.05) is 6.92 Å². The molecule has 5 heteroatoms. The predicted octanol–water partition coefficient (Wildman–Crippen LogP) is 1.01. The van der Waals surface area contributed by atoms with E-state index in [-0.39, 0.29) is 18.4 Å². The van der Waals surface area contributed by atoms with Crippen molar-refractivity contribution in [3.8, 4) is 0 Å². The fourth-order valence-electron chi connectivity index (χ4n) is 1.02. The number of ether oxygens (including phenoxy) is 1. The fourth-order valence-corrected chi connectivity index (χ4v) is 1.83. The van der Waals surface area contributed by atoms with Crippen LogP contribution >= 0.6 is 11.3 Å². The summed E-state index contributed by atoms with van der Waals surface area (Å²) in [6.07, 6.45) is 0.208. The van der Waals surface area contributed by atoms with Crippen LogP contribution in [0.25, 0.3) is 0 Å². The normalized spacial score (nSPS) is 12.5. The van der Waals surface area contributed by atoms with Crippen molar-refractivity contribution in [1.82, 2.24) is 4.98 Å². The summed E-state index contributed by atoms with van der Waals surface area (Å²) >= 11 is 1.47. The number of carbonyl (C=O) groups excluding carboxylic acids is 1. The zero-order valence-electron chi connectivity index (χ0n) is 7.61. The maximum absolute atomic E-state index is 10.9. The Hall–Kier alpha value is -0.940. The van der Waals surface area contributed by atoms with Crippen molar-refractivity contribution in [3.63, 3.8) is 0 Å². The number of aryl methyl sites for hydroxylation is 1. The maximum Gasteiger partial charge on any atom is 0.307 e. The van der Waals surface area contributed by atoms with Crippen LogP contribution in [0, 0.1) is 6.92 Å². The first kappa shape index (κ1) is 10.1. The summed E-state index contributed by atoms with van der Waals surface area (Å²) in [6.45, 7) is 1.88. The molecule has 2 N–H and O–H groups in total. The summed E-state index contributed by atoms with van der Waals surface area (Å²) in [5, 5.41) is 0. The van der Waals surface area contributed by atoms with E-state index in [0.717, 1.165) is 10.6 Å². The van der Waals surface area contributed by atoms with Gasteiger partial charge < -0.3 is 10.5 Å². The lowest BCUT2D eigenvalue weighted by atomic mass is 10.1. The van der Waals surface area contributed by atoms with Crippen molar-refractivity contribution in [2.24, 2.45) is 5.73 Å². The Morgan fingerprint density at radius 2 is 2.54 bits per heavy atom. The molecule has 0 aliphatic carbocycles. The van der Waals surface area contributed by atoms with E-state index in [0.29, 0.717) is 0 Å². The minimum atomic E-state index is -0.292. The molecule has 1 aromatic heterocycles. The van der Waals surface area contributed by atoms with Gasteiger partial charge in [-0.3, -0.25) is 4.79 Å². The molecule has 1 aromatic rings. The van der Waals surface area contributed by atoms with Gasteiger partial charge in [-0.2, -0.15) is 0 Å². The van der Waals surface area contributed by atoms with Gasteiger partial charge in [0, 0.05) is 4.88 Å². The van der Waals surface area contributed by atoms with E-state index in [2.05, 4.69) is 9.72 Å². The summed E-state index contributed by atoms with van der Waals surface area (Å²) in [5.74, 6) is -0.291. The van der Waals surface area contributed by atoms with Crippen LogP contribution in [0.15, 0.2) is 5.51 Å². The van der Waals surface area contributed by atoms with Crippen LogP contribution in [0.3, 0.4) is 0 Å². The SMILES string of the molecule is COC(=O)C[C@H](N)c1scnc1C. The van der Waals surface area contributed by atoms with Crippen molar-refractivity contribution in [2.75, 3.05) is 7.11 Å². The summed E-state index contributed by atoms with van der Waals surface area (Å²) < 4.78 is 4.52. The lowest BCUT2D eigenvalue weighted by Crippen LogP contribution is -2.16. The first-order chi connectivity index (χ1) is 6.15. The van der Waals surface area contributed by atoms with Crippen LogP contribution in [0.5, 0.6) is 0 Å². The van der Waals surface area contributed by atoms with Gasteiger partial charge in [0.25, 0.3) is 0 Å². The molecule has 1 atom stereocenters. The summed E-state index contributed by atoms with van der Waals surface area (Å²) in [5.41, 5.74) is 8.40. The number of carbonyl (C=O) groups is 1. The van der Waals surface area contributed by atoms with Crippen LogP contribution < -0.4 is 5.73 Å². The molecular weight excluding hydrogens is 188 g/mol. The molecule has 0 saturated heterocycles. The molecule has 0 aliphatic heterocycles. The monoisotopic (exact) mass is 200 g/mol. The molecule has 1 rings (SSSR count). The summed E-state index contributed by atoms with van der Waals surface area (Å²) in [6, 6.07) is -0.292. The second kappa shape index (κ2) is 4.34. The molecule has 0 radical (unpaired) electrons. The molecule has 0 aliphatic rings. The van der Waals surface area contributed by atoms with Crippen molar-refractivity contribution in [1.29, 1.82) is 0 Å². The average molecular weight is 200 g/mol. The molecular formula is C8H12N2O2S. The van der Waals surface area contributed by atoms with Crippen LogP contribution in [-0.4, -0.2) is 18.1 Å². The van der Waals surface area contributed by atoms with Gasteiger partial charge in [-0.25, -0.2) is 4.98 Å². The number of aromatic nitrogens is 1. The predicted molar refractivity (Wildman–Crippen MR) is 50.4 cm³/mol. The molecule has 0 spiro atoms. The first-order valence-electron chi connectivity index (χ1n) is 3.87. The topological polar surface area (TPSA) is 65.2 Å². The third-order valence-electron chi connectivity index (χ3n) is 1.73. The second-order valence-electron chi connectivity index (χ2n) is 2.69. The Morgan fingerprint density at radius 3 is 3.00 bits per heavy atom. The molecule has 0 aromatic carbocycles. The third-order valence-corrected chi connectivity index (χ3v) is 2.80.